The Hall–Kier alpha value is -1.30. The summed E-state index contributed by atoms with van der Waals surface area (Å²) in [6, 6.07) is 9.34. The summed E-state index contributed by atoms with van der Waals surface area (Å²) in [4.78, 5) is 0. The smallest absolute Gasteiger partial charge is 0.140 e. The van der Waals surface area contributed by atoms with E-state index < -0.39 is 12.2 Å². The molecule has 0 amide bonds. The van der Waals surface area contributed by atoms with Crippen molar-refractivity contribution in [2.24, 2.45) is 0 Å². The van der Waals surface area contributed by atoms with Crippen LogP contribution in [0.5, 0.6) is 0 Å². The predicted octanol–water partition coefficient (Wildman–Crippen LogP) is 0.780. The Bertz CT molecular complexity index is 306. The van der Waals surface area contributed by atoms with Crippen LogP contribution in [-0.4, -0.2) is 22.4 Å². The van der Waals surface area contributed by atoms with Crippen molar-refractivity contribution in [2.45, 2.75) is 19.1 Å². The molecule has 2 nitrogen and oxygen atoms in total. The summed E-state index contributed by atoms with van der Waals surface area (Å²) >= 11 is 0. The number of rotatable bonds is 1. The van der Waals surface area contributed by atoms with E-state index in [1.807, 2.05) is 30.3 Å². The Morgan fingerprint density at radius 2 is 1.77 bits per heavy atom. The SMILES string of the molecule is C[C@H](O)[C@H](O)C#Cc1ccccc1. The minimum atomic E-state index is -0.972. The third-order valence-electron chi connectivity index (χ3n) is 1.60. The fraction of sp³-hybridized carbons (Fsp3) is 0.273. The summed E-state index contributed by atoms with van der Waals surface area (Å²) in [6.45, 7) is 1.50. The quantitative estimate of drug-likeness (QED) is 0.621. The molecule has 2 heteroatoms. The Morgan fingerprint density at radius 1 is 1.15 bits per heavy atom. The van der Waals surface area contributed by atoms with Gasteiger partial charge in [-0.15, -0.1) is 0 Å². The molecule has 0 aliphatic rings. The molecular weight excluding hydrogens is 164 g/mol. The standard InChI is InChI=1S/C11H12O2/c1-9(12)11(13)8-7-10-5-3-2-4-6-10/h2-6,9,11-13H,1H3/t9-,11+/m0/s1. The maximum atomic E-state index is 9.16. The van der Waals surface area contributed by atoms with Crippen molar-refractivity contribution in [3.8, 4) is 11.8 Å². The summed E-state index contributed by atoms with van der Waals surface area (Å²) in [5, 5.41) is 18.1. The highest BCUT2D eigenvalue weighted by Gasteiger charge is 2.04. The van der Waals surface area contributed by atoms with E-state index in [4.69, 9.17) is 10.2 Å². The number of aliphatic hydroxyl groups is 2. The maximum Gasteiger partial charge on any atom is 0.140 e. The first-order chi connectivity index (χ1) is 6.20. The van der Waals surface area contributed by atoms with Gasteiger partial charge in [0.25, 0.3) is 0 Å². The molecule has 1 rings (SSSR count). The minimum absolute atomic E-state index is 0.809. The van der Waals surface area contributed by atoms with E-state index in [0.29, 0.717) is 0 Å². The first-order valence-electron chi connectivity index (χ1n) is 4.13. The lowest BCUT2D eigenvalue weighted by Crippen LogP contribution is -2.19. The molecule has 0 saturated carbocycles. The van der Waals surface area contributed by atoms with Gasteiger partial charge in [0, 0.05) is 5.56 Å². The van der Waals surface area contributed by atoms with Crippen LogP contribution in [0.1, 0.15) is 12.5 Å². The highest BCUT2D eigenvalue weighted by Crippen LogP contribution is 1.96. The van der Waals surface area contributed by atoms with Gasteiger partial charge >= 0.3 is 0 Å². The first kappa shape index (κ1) is 9.79. The van der Waals surface area contributed by atoms with Gasteiger partial charge in [-0.1, -0.05) is 30.0 Å². The van der Waals surface area contributed by atoms with Gasteiger partial charge in [-0.05, 0) is 19.1 Å². The molecule has 1 aromatic rings. The zero-order valence-electron chi connectivity index (χ0n) is 7.44. The van der Waals surface area contributed by atoms with Crippen molar-refractivity contribution in [3.05, 3.63) is 35.9 Å². The lowest BCUT2D eigenvalue weighted by atomic mass is 10.2. The summed E-state index contributed by atoms with van der Waals surface area (Å²) in [6.07, 6.45) is -1.78. The van der Waals surface area contributed by atoms with Crippen molar-refractivity contribution >= 4 is 0 Å². The van der Waals surface area contributed by atoms with Gasteiger partial charge in [0.1, 0.15) is 6.10 Å². The number of hydrogen-bond donors (Lipinski definition) is 2. The van der Waals surface area contributed by atoms with Crippen LogP contribution < -0.4 is 0 Å². The molecule has 0 radical (unpaired) electrons. The minimum Gasteiger partial charge on any atom is -0.390 e. The third kappa shape index (κ3) is 3.29. The number of aliphatic hydroxyl groups excluding tert-OH is 2. The molecule has 1 aromatic carbocycles. The molecule has 0 fully saturated rings. The monoisotopic (exact) mass is 176 g/mol. The fourth-order valence-corrected chi connectivity index (χ4v) is 0.799. The van der Waals surface area contributed by atoms with E-state index in [0.717, 1.165) is 5.56 Å². The van der Waals surface area contributed by atoms with E-state index in [-0.39, 0.29) is 0 Å². The molecule has 13 heavy (non-hydrogen) atoms. The molecule has 0 bridgehead atoms. The molecule has 0 unspecified atom stereocenters. The molecule has 68 valence electrons. The average molecular weight is 176 g/mol. The topological polar surface area (TPSA) is 40.5 Å². The van der Waals surface area contributed by atoms with Gasteiger partial charge in [0.05, 0.1) is 6.10 Å². The normalized spacial score (nSPS) is 14.1. The predicted molar refractivity (Wildman–Crippen MR) is 51.0 cm³/mol. The second-order valence-electron chi connectivity index (χ2n) is 2.82. The van der Waals surface area contributed by atoms with Crippen LogP contribution in [0.25, 0.3) is 0 Å². The third-order valence-corrected chi connectivity index (χ3v) is 1.60. The maximum absolute atomic E-state index is 9.16. The van der Waals surface area contributed by atoms with E-state index in [2.05, 4.69) is 11.8 Å². The zero-order chi connectivity index (χ0) is 9.68. The van der Waals surface area contributed by atoms with Crippen LogP contribution in [0.2, 0.25) is 0 Å². The van der Waals surface area contributed by atoms with Crippen molar-refractivity contribution in [1.82, 2.24) is 0 Å². The average Bonchev–Trinajstić information content (AvgIpc) is 2.15. The molecular formula is C11H12O2. The fourth-order valence-electron chi connectivity index (χ4n) is 0.799. The van der Waals surface area contributed by atoms with Crippen LogP contribution in [0, 0.1) is 11.8 Å². The summed E-state index contributed by atoms with van der Waals surface area (Å²) in [7, 11) is 0. The number of benzene rings is 1. The Balaban J connectivity index is 2.68. The van der Waals surface area contributed by atoms with Crippen molar-refractivity contribution < 1.29 is 10.2 Å². The molecule has 0 aliphatic heterocycles. The molecule has 0 saturated heterocycles. The van der Waals surface area contributed by atoms with Gasteiger partial charge in [0.15, 0.2) is 0 Å². The second kappa shape index (κ2) is 4.66. The van der Waals surface area contributed by atoms with Gasteiger partial charge < -0.3 is 10.2 Å². The van der Waals surface area contributed by atoms with Crippen LogP contribution in [0.3, 0.4) is 0 Å². The molecule has 2 N–H and O–H groups in total. The molecule has 0 spiro atoms. The number of hydrogen-bond acceptors (Lipinski definition) is 2. The summed E-state index contributed by atoms with van der Waals surface area (Å²) in [5.74, 6) is 5.32. The van der Waals surface area contributed by atoms with Crippen LogP contribution >= 0.6 is 0 Å². The van der Waals surface area contributed by atoms with E-state index in [1.54, 1.807) is 0 Å². The molecule has 0 aliphatic carbocycles. The van der Waals surface area contributed by atoms with Gasteiger partial charge in [-0.3, -0.25) is 0 Å². The Morgan fingerprint density at radius 3 is 2.31 bits per heavy atom. The first-order valence-corrected chi connectivity index (χ1v) is 4.13. The van der Waals surface area contributed by atoms with Crippen molar-refractivity contribution in [3.63, 3.8) is 0 Å². The van der Waals surface area contributed by atoms with Crippen LogP contribution in [0.4, 0.5) is 0 Å². The summed E-state index contributed by atoms with van der Waals surface area (Å²) < 4.78 is 0. The van der Waals surface area contributed by atoms with E-state index in [9.17, 15) is 0 Å². The highest BCUT2D eigenvalue weighted by molar-refractivity contribution is 5.34. The van der Waals surface area contributed by atoms with Crippen molar-refractivity contribution in [2.75, 3.05) is 0 Å². The van der Waals surface area contributed by atoms with Gasteiger partial charge in [-0.2, -0.15) is 0 Å². The van der Waals surface area contributed by atoms with Gasteiger partial charge in [0.2, 0.25) is 0 Å². The van der Waals surface area contributed by atoms with Gasteiger partial charge in [-0.25, -0.2) is 0 Å². The van der Waals surface area contributed by atoms with Crippen molar-refractivity contribution in [1.29, 1.82) is 0 Å². The summed E-state index contributed by atoms with van der Waals surface area (Å²) in [5.41, 5.74) is 0.835. The Kier molecular flexibility index (Phi) is 3.51. The highest BCUT2D eigenvalue weighted by atomic mass is 16.3. The van der Waals surface area contributed by atoms with Crippen LogP contribution in [0.15, 0.2) is 30.3 Å². The second-order valence-corrected chi connectivity index (χ2v) is 2.82. The Labute approximate surface area is 77.8 Å². The molecule has 2 atom stereocenters. The molecule has 0 heterocycles. The van der Waals surface area contributed by atoms with E-state index >= 15 is 0 Å². The largest absolute Gasteiger partial charge is 0.390 e. The van der Waals surface area contributed by atoms with E-state index in [1.165, 1.54) is 6.92 Å². The lowest BCUT2D eigenvalue weighted by Gasteiger charge is -2.04. The molecule has 0 aromatic heterocycles. The zero-order valence-corrected chi connectivity index (χ0v) is 7.44. The van der Waals surface area contributed by atoms with Crippen LogP contribution in [-0.2, 0) is 0 Å². The lowest BCUT2D eigenvalue weighted by molar-refractivity contribution is 0.0677.